The van der Waals surface area contributed by atoms with Gasteiger partial charge in [0.25, 0.3) is 0 Å². The smallest absolute Gasteiger partial charge is 0.197 e. The van der Waals surface area contributed by atoms with Crippen molar-refractivity contribution in [3.8, 4) is 22.9 Å². The Morgan fingerprint density at radius 3 is 2.74 bits per heavy atom. The van der Waals surface area contributed by atoms with Crippen LogP contribution in [0.3, 0.4) is 0 Å². The van der Waals surface area contributed by atoms with Crippen LogP contribution in [0.5, 0.6) is 11.6 Å². The lowest BCUT2D eigenvalue weighted by atomic mass is 9.94. The average Bonchev–Trinajstić information content (AvgIpc) is 2.68. The van der Waals surface area contributed by atoms with Gasteiger partial charge in [-0.05, 0) is 37.1 Å². The first kappa shape index (κ1) is 19.8. The van der Waals surface area contributed by atoms with Crippen LogP contribution < -0.4 is 14.3 Å². The van der Waals surface area contributed by atoms with Crippen LogP contribution in [-0.2, 0) is 22.4 Å². The number of methoxy groups -OCH3 is 2. The van der Waals surface area contributed by atoms with Crippen LogP contribution in [0.4, 0.5) is 0 Å². The topological polar surface area (TPSA) is 58.9 Å². The van der Waals surface area contributed by atoms with E-state index in [4.69, 9.17) is 18.4 Å². The van der Waals surface area contributed by atoms with Crippen LogP contribution in [0.1, 0.15) is 11.1 Å². The third kappa shape index (κ3) is 4.15. The number of nitrogens with zero attached hydrogens (tertiary/aromatic N) is 1. The average molecular weight is 391 g/mol. The van der Waals surface area contributed by atoms with Gasteiger partial charge in [0.05, 0.1) is 24.3 Å². The van der Waals surface area contributed by atoms with Crippen LogP contribution in [-0.4, -0.2) is 44.4 Å². The second kappa shape index (κ2) is 8.82. The van der Waals surface area contributed by atoms with Gasteiger partial charge in [0.15, 0.2) is 11.3 Å². The SMILES string of the molecule is COC[C@@H](COc1cc(=O)c(C)c2n1CCc1cc(OSC)ccc1-2)OC. The fraction of sp³-hybridized carbons (Fsp3) is 0.450. The van der Waals surface area contributed by atoms with Crippen molar-refractivity contribution in [2.45, 2.75) is 26.0 Å². The molecule has 146 valence electrons. The number of aromatic nitrogens is 1. The van der Waals surface area contributed by atoms with E-state index in [0.717, 1.165) is 35.5 Å². The summed E-state index contributed by atoms with van der Waals surface area (Å²) in [7, 11) is 3.24. The van der Waals surface area contributed by atoms with Crippen LogP contribution >= 0.6 is 12.0 Å². The van der Waals surface area contributed by atoms with Crippen molar-refractivity contribution in [1.82, 2.24) is 4.57 Å². The molecule has 0 saturated heterocycles. The van der Waals surface area contributed by atoms with Gasteiger partial charge in [-0.15, -0.1) is 0 Å². The van der Waals surface area contributed by atoms with Gasteiger partial charge in [-0.1, -0.05) is 0 Å². The maximum absolute atomic E-state index is 12.6. The molecule has 27 heavy (non-hydrogen) atoms. The molecule has 0 radical (unpaired) electrons. The number of benzene rings is 1. The molecule has 7 heteroatoms. The molecule has 6 nitrogen and oxygen atoms in total. The highest BCUT2D eigenvalue weighted by Gasteiger charge is 2.23. The highest BCUT2D eigenvalue weighted by atomic mass is 32.2. The van der Waals surface area contributed by atoms with Gasteiger partial charge < -0.3 is 23.0 Å². The zero-order chi connectivity index (χ0) is 19.4. The summed E-state index contributed by atoms with van der Waals surface area (Å²) in [6, 6.07) is 7.56. The molecule has 1 aromatic carbocycles. The lowest BCUT2D eigenvalue weighted by Gasteiger charge is -2.27. The number of rotatable bonds is 8. The normalized spacial score (nSPS) is 13.6. The molecule has 2 aromatic rings. The van der Waals surface area contributed by atoms with E-state index < -0.39 is 0 Å². The van der Waals surface area contributed by atoms with E-state index in [1.165, 1.54) is 17.6 Å². The second-order valence-electron chi connectivity index (χ2n) is 6.42. The van der Waals surface area contributed by atoms with E-state index in [0.29, 0.717) is 19.1 Å². The monoisotopic (exact) mass is 391 g/mol. The zero-order valence-electron chi connectivity index (χ0n) is 16.1. The Labute approximate surface area is 163 Å². The third-order valence-corrected chi connectivity index (χ3v) is 5.09. The van der Waals surface area contributed by atoms with Crippen molar-refractivity contribution in [2.24, 2.45) is 0 Å². The molecule has 1 aliphatic heterocycles. The maximum Gasteiger partial charge on any atom is 0.197 e. The quantitative estimate of drug-likeness (QED) is 0.645. The summed E-state index contributed by atoms with van der Waals surface area (Å²) in [6.07, 6.45) is 2.54. The molecule has 0 aliphatic carbocycles. The van der Waals surface area contributed by atoms with Crippen molar-refractivity contribution in [3.05, 3.63) is 45.6 Å². The Kier molecular flexibility index (Phi) is 6.46. The minimum absolute atomic E-state index is 0.0331. The molecule has 0 N–H and O–H groups in total. The minimum Gasteiger partial charge on any atom is -0.476 e. The molecule has 2 heterocycles. The van der Waals surface area contributed by atoms with Crippen LogP contribution in [0.25, 0.3) is 11.3 Å². The molecule has 3 rings (SSSR count). The third-order valence-electron chi connectivity index (χ3n) is 4.73. The Morgan fingerprint density at radius 1 is 1.22 bits per heavy atom. The van der Waals surface area contributed by atoms with Crippen LogP contribution in [0, 0.1) is 6.92 Å². The Balaban J connectivity index is 1.98. The maximum atomic E-state index is 12.6. The van der Waals surface area contributed by atoms with Crippen molar-refractivity contribution in [3.63, 3.8) is 0 Å². The van der Waals surface area contributed by atoms with Crippen molar-refractivity contribution in [2.75, 3.05) is 33.7 Å². The summed E-state index contributed by atoms with van der Waals surface area (Å²) < 4.78 is 24.0. The number of aryl methyl sites for hydroxylation is 1. The highest BCUT2D eigenvalue weighted by Crippen LogP contribution is 2.36. The van der Waals surface area contributed by atoms with E-state index in [9.17, 15) is 4.79 Å². The van der Waals surface area contributed by atoms with Gasteiger partial charge >= 0.3 is 0 Å². The van der Waals surface area contributed by atoms with Gasteiger partial charge in [0, 0.05) is 44.2 Å². The molecular formula is C20H25NO5S. The lowest BCUT2D eigenvalue weighted by molar-refractivity contribution is -0.000948. The lowest BCUT2D eigenvalue weighted by Crippen LogP contribution is -2.28. The van der Waals surface area contributed by atoms with E-state index >= 15 is 0 Å². The van der Waals surface area contributed by atoms with E-state index in [2.05, 4.69) is 4.57 Å². The summed E-state index contributed by atoms with van der Waals surface area (Å²) in [4.78, 5) is 12.6. The van der Waals surface area contributed by atoms with Gasteiger partial charge in [-0.2, -0.15) is 0 Å². The molecule has 1 aliphatic rings. The number of ether oxygens (including phenoxy) is 3. The molecule has 0 bridgehead atoms. The first-order valence-corrected chi connectivity index (χ1v) is 9.97. The fourth-order valence-electron chi connectivity index (χ4n) is 3.35. The zero-order valence-corrected chi connectivity index (χ0v) is 16.9. The minimum atomic E-state index is -0.190. The van der Waals surface area contributed by atoms with Gasteiger partial charge in [-0.3, -0.25) is 4.79 Å². The van der Waals surface area contributed by atoms with Crippen molar-refractivity contribution >= 4 is 12.0 Å². The Bertz CT molecular complexity index is 864. The summed E-state index contributed by atoms with van der Waals surface area (Å²) in [5.74, 6) is 1.39. The highest BCUT2D eigenvalue weighted by molar-refractivity contribution is 7.94. The number of pyridine rings is 1. The van der Waals surface area contributed by atoms with Gasteiger partial charge in [0.1, 0.15) is 18.5 Å². The van der Waals surface area contributed by atoms with Crippen molar-refractivity contribution in [1.29, 1.82) is 0 Å². The summed E-state index contributed by atoms with van der Waals surface area (Å²) in [5.41, 5.74) is 3.83. The summed E-state index contributed by atoms with van der Waals surface area (Å²) in [6.45, 7) is 3.35. The molecule has 0 fully saturated rings. The van der Waals surface area contributed by atoms with Gasteiger partial charge in [0.2, 0.25) is 0 Å². The first-order valence-electron chi connectivity index (χ1n) is 8.82. The predicted molar refractivity (Wildman–Crippen MR) is 107 cm³/mol. The van der Waals surface area contributed by atoms with Crippen LogP contribution in [0.15, 0.2) is 29.1 Å². The van der Waals surface area contributed by atoms with Crippen LogP contribution in [0.2, 0.25) is 0 Å². The molecule has 1 atom stereocenters. The van der Waals surface area contributed by atoms with E-state index in [-0.39, 0.29) is 11.5 Å². The molecule has 0 saturated carbocycles. The fourth-order valence-corrected chi connectivity index (χ4v) is 3.65. The molecule has 1 aromatic heterocycles. The Hall–Kier alpha value is -1.96. The molecule has 0 spiro atoms. The predicted octanol–water partition coefficient (Wildman–Crippen LogP) is 3.08. The molecule has 0 unspecified atom stereocenters. The largest absolute Gasteiger partial charge is 0.476 e. The molecular weight excluding hydrogens is 366 g/mol. The molecule has 0 amide bonds. The summed E-state index contributed by atoms with van der Waals surface area (Å²) >= 11 is 1.32. The number of fused-ring (bicyclic) bond motifs is 3. The van der Waals surface area contributed by atoms with E-state index in [1.54, 1.807) is 20.3 Å². The number of hydrogen-bond acceptors (Lipinski definition) is 6. The van der Waals surface area contributed by atoms with E-state index in [1.807, 2.05) is 31.4 Å². The number of hydrogen-bond donors (Lipinski definition) is 0. The standard InChI is InChI=1S/C20H25NO5S/c1-13-18(22)10-19(25-12-16(24-3)11-23-2)21-8-7-14-9-15(26-27-4)5-6-17(14)20(13)21/h5-6,9-10,16H,7-8,11-12H2,1-4H3/t16-/m0/s1. The second-order valence-corrected chi connectivity index (χ2v) is 6.92. The Morgan fingerprint density at radius 2 is 2.04 bits per heavy atom. The summed E-state index contributed by atoms with van der Waals surface area (Å²) in [5, 5.41) is 0. The van der Waals surface area contributed by atoms with Gasteiger partial charge in [-0.25, -0.2) is 0 Å². The first-order chi connectivity index (χ1) is 13.1. The van der Waals surface area contributed by atoms with Crippen molar-refractivity contribution < 1.29 is 18.4 Å².